The van der Waals surface area contributed by atoms with E-state index in [2.05, 4.69) is 24.2 Å². The molecule has 0 amide bonds. The third-order valence-electron chi connectivity index (χ3n) is 3.72. The number of benzene rings is 1. The average molecular weight is 284 g/mol. The zero-order chi connectivity index (χ0) is 14.0. The molecule has 6 heteroatoms. The van der Waals surface area contributed by atoms with Crippen molar-refractivity contribution in [3.05, 3.63) is 33.3 Å². The number of nitrogens with one attached hydrogen (secondary N) is 1. The Hall–Kier alpha value is -1.33. The number of likely N-dealkylation sites (tertiary alicyclic amines) is 1. The molecular weight excluding hydrogens is 266 g/mol. The minimum Gasteiger partial charge on any atom is -0.382 e. The van der Waals surface area contributed by atoms with Crippen molar-refractivity contribution in [1.82, 2.24) is 4.90 Å². The van der Waals surface area contributed by atoms with E-state index < -0.39 is 4.92 Å². The van der Waals surface area contributed by atoms with Gasteiger partial charge in [-0.05, 0) is 38.9 Å². The van der Waals surface area contributed by atoms with Crippen molar-refractivity contribution in [3.63, 3.8) is 0 Å². The second kappa shape index (κ2) is 5.75. The third-order valence-corrected chi connectivity index (χ3v) is 4.04. The first-order chi connectivity index (χ1) is 8.97. The van der Waals surface area contributed by atoms with Gasteiger partial charge in [0, 0.05) is 30.4 Å². The molecule has 1 aliphatic rings. The van der Waals surface area contributed by atoms with Crippen LogP contribution in [0, 0.1) is 10.1 Å². The summed E-state index contributed by atoms with van der Waals surface area (Å²) in [6.45, 7) is 3.23. The van der Waals surface area contributed by atoms with E-state index in [1.54, 1.807) is 12.1 Å². The first-order valence-electron chi connectivity index (χ1n) is 6.38. The lowest BCUT2D eigenvalue weighted by atomic mass is 9.98. The lowest BCUT2D eigenvalue weighted by Crippen LogP contribution is -2.42. The Morgan fingerprint density at radius 1 is 1.53 bits per heavy atom. The maximum Gasteiger partial charge on any atom is 0.289 e. The van der Waals surface area contributed by atoms with Gasteiger partial charge in [0.1, 0.15) is 5.02 Å². The van der Waals surface area contributed by atoms with Crippen molar-refractivity contribution >= 4 is 23.0 Å². The summed E-state index contributed by atoms with van der Waals surface area (Å²) in [5.41, 5.74) is 0.713. The summed E-state index contributed by atoms with van der Waals surface area (Å²) in [5, 5.41) is 14.4. The Morgan fingerprint density at radius 2 is 2.26 bits per heavy atom. The number of halogens is 1. The van der Waals surface area contributed by atoms with Gasteiger partial charge in [0.05, 0.1) is 4.92 Å². The molecule has 0 bridgehead atoms. The molecule has 2 atom stereocenters. The number of nitro groups is 1. The molecule has 1 N–H and O–H groups in total. The predicted molar refractivity (Wildman–Crippen MR) is 76.8 cm³/mol. The summed E-state index contributed by atoms with van der Waals surface area (Å²) in [5.74, 6) is 0. The van der Waals surface area contributed by atoms with Crippen molar-refractivity contribution in [1.29, 1.82) is 0 Å². The monoisotopic (exact) mass is 283 g/mol. The number of nitrogens with zero attached hydrogens (tertiary/aromatic N) is 2. The summed E-state index contributed by atoms with van der Waals surface area (Å²) in [6.07, 6.45) is 2.07. The SMILES string of the molecule is CC1CC(Nc2ccc(Cl)c([N+](=O)[O-])c2)CCN1C. The molecule has 19 heavy (non-hydrogen) atoms. The topological polar surface area (TPSA) is 58.4 Å². The molecule has 1 aromatic rings. The minimum absolute atomic E-state index is 0.0485. The molecule has 1 saturated heterocycles. The van der Waals surface area contributed by atoms with Crippen LogP contribution in [0.5, 0.6) is 0 Å². The molecule has 1 heterocycles. The van der Waals surface area contributed by atoms with Crippen LogP contribution >= 0.6 is 11.6 Å². The van der Waals surface area contributed by atoms with Gasteiger partial charge in [-0.2, -0.15) is 0 Å². The Balaban J connectivity index is 2.07. The quantitative estimate of drug-likeness (QED) is 0.684. The molecule has 1 aliphatic heterocycles. The highest BCUT2D eigenvalue weighted by molar-refractivity contribution is 6.32. The first kappa shape index (κ1) is 14.1. The fourth-order valence-electron chi connectivity index (χ4n) is 2.40. The molecule has 0 aliphatic carbocycles. The molecule has 104 valence electrons. The van der Waals surface area contributed by atoms with Gasteiger partial charge in [0.2, 0.25) is 0 Å². The number of anilines is 1. The third kappa shape index (κ3) is 3.36. The highest BCUT2D eigenvalue weighted by Gasteiger charge is 2.23. The highest BCUT2D eigenvalue weighted by atomic mass is 35.5. The van der Waals surface area contributed by atoms with Crippen molar-refractivity contribution < 1.29 is 4.92 Å². The number of hydrogen-bond acceptors (Lipinski definition) is 4. The normalized spacial score (nSPS) is 24.2. The van der Waals surface area contributed by atoms with Crippen LogP contribution in [0.1, 0.15) is 19.8 Å². The van der Waals surface area contributed by atoms with Crippen LogP contribution in [0.2, 0.25) is 5.02 Å². The smallest absolute Gasteiger partial charge is 0.289 e. The van der Waals surface area contributed by atoms with E-state index in [4.69, 9.17) is 11.6 Å². The maximum absolute atomic E-state index is 10.8. The second-order valence-corrected chi connectivity index (χ2v) is 5.53. The van der Waals surface area contributed by atoms with E-state index in [0.29, 0.717) is 12.1 Å². The van der Waals surface area contributed by atoms with Gasteiger partial charge >= 0.3 is 0 Å². The van der Waals surface area contributed by atoms with E-state index in [-0.39, 0.29) is 10.7 Å². The fraction of sp³-hybridized carbons (Fsp3) is 0.538. The van der Waals surface area contributed by atoms with E-state index in [1.165, 1.54) is 6.07 Å². The molecule has 0 radical (unpaired) electrons. The largest absolute Gasteiger partial charge is 0.382 e. The number of hydrogen-bond donors (Lipinski definition) is 1. The number of piperidine rings is 1. The van der Waals surface area contributed by atoms with Crippen LogP contribution in [0.3, 0.4) is 0 Å². The molecule has 1 fully saturated rings. The van der Waals surface area contributed by atoms with Gasteiger partial charge in [-0.3, -0.25) is 10.1 Å². The molecular formula is C13H18ClN3O2. The van der Waals surface area contributed by atoms with Gasteiger partial charge < -0.3 is 10.2 Å². The Morgan fingerprint density at radius 3 is 2.89 bits per heavy atom. The van der Waals surface area contributed by atoms with Crippen LogP contribution < -0.4 is 5.32 Å². The molecule has 5 nitrogen and oxygen atoms in total. The summed E-state index contributed by atoms with van der Waals surface area (Å²) < 4.78 is 0. The first-order valence-corrected chi connectivity index (χ1v) is 6.76. The minimum atomic E-state index is -0.454. The van der Waals surface area contributed by atoms with Crippen molar-refractivity contribution in [3.8, 4) is 0 Å². The number of nitro benzene ring substituents is 1. The van der Waals surface area contributed by atoms with E-state index >= 15 is 0 Å². The average Bonchev–Trinajstić information content (AvgIpc) is 2.36. The lowest BCUT2D eigenvalue weighted by Gasteiger charge is -2.35. The second-order valence-electron chi connectivity index (χ2n) is 5.12. The predicted octanol–water partition coefficient (Wildman–Crippen LogP) is 3.14. The van der Waals surface area contributed by atoms with Crippen molar-refractivity contribution in [2.24, 2.45) is 0 Å². The van der Waals surface area contributed by atoms with Gasteiger partial charge in [0.25, 0.3) is 5.69 Å². The molecule has 2 rings (SSSR count). The van der Waals surface area contributed by atoms with Crippen LogP contribution in [-0.2, 0) is 0 Å². The van der Waals surface area contributed by atoms with Gasteiger partial charge in [0.15, 0.2) is 0 Å². The van der Waals surface area contributed by atoms with E-state index in [1.807, 2.05) is 0 Å². The molecule has 0 aromatic heterocycles. The van der Waals surface area contributed by atoms with E-state index in [0.717, 1.165) is 25.1 Å². The van der Waals surface area contributed by atoms with Crippen molar-refractivity contribution in [2.45, 2.75) is 31.8 Å². The molecule has 1 aromatic carbocycles. The summed E-state index contributed by atoms with van der Waals surface area (Å²) in [4.78, 5) is 12.7. The molecule has 0 spiro atoms. The number of rotatable bonds is 3. The van der Waals surface area contributed by atoms with Gasteiger partial charge in [-0.25, -0.2) is 0 Å². The Kier molecular flexibility index (Phi) is 4.27. The summed E-state index contributed by atoms with van der Waals surface area (Å²) >= 11 is 5.80. The zero-order valence-corrected chi connectivity index (χ0v) is 11.9. The maximum atomic E-state index is 10.8. The zero-order valence-electron chi connectivity index (χ0n) is 11.1. The summed E-state index contributed by atoms with van der Waals surface area (Å²) in [6, 6.07) is 5.74. The molecule has 0 saturated carbocycles. The highest BCUT2D eigenvalue weighted by Crippen LogP contribution is 2.28. The van der Waals surface area contributed by atoms with Crippen LogP contribution in [0.15, 0.2) is 18.2 Å². The fourth-order valence-corrected chi connectivity index (χ4v) is 2.59. The lowest BCUT2D eigenvalue weighted by molar-refractivity contribution is -0.384. The van der Waals surface area contributed by atoms with Crippen LogP contribution in [0.4, 0.5) is 11.4 Å². The summed E-state index contributed by atoms with van der Waals surface area (Å²) in [7, 11) is 2.12. The van der Waals surface area contributed by atoms with E-state index in [9.17, 15) is 10.1 Å². The molecule has 2 unspecified atom stereocenters. The standard InChI is InChI=1S/C13H18ClN3O2/c1-9-7-11(5-6-16(9)2)15-10-3-4-12(14)13(8-10)17(18)19/h3-4,8-9,11,15H,5-7H2,1-2H3. The van der Waals surface area contributed by atoms with Gasteiger partial charge in [-0.1, -0.05) is 11.6 Å². The van der Waals surface area contributed by atoms with Crippen molar-refractivity contribution in [2.75, 3.05) is 18.9 Å². The Bertz CT molecular complexity index is 481. The van der Waals surface area contributed by atoms with Gasteiger partial charge in [-0.15, -0.1) is 0 Å². The van der Waals surface area contributed by atoms with Crippen LogP contribution in [0.25, 0.3) is 0 Å². The van der Waals surface area contributed by atoms with Crippen LogP contribution in [-0.4, -0.2) is 35.5 Å². The Labute approximate surface area is 117 Å².